The Balaban J connectivity index is 1.47. The third-order valence-corrected chi connectivity index (χ3v) is 7.42. The van der Waals surface area contributed by atoms with Crippen molar-refractivity contribution >= 4 is 17.4 Å². The van der Waals surface area contributed by atoms with Gasteiger partial charge in [0.1, 0.15) is 42.3 Å². The number of nitrogens with zero attached hydrogens (tertiary/aromatic N) is 3. The van der Waals surface area contributed by atoms with Gasteiger partial charge in [-0.3, -0.25) is 4.79 Å². The van der Waals surface area contributed by atoms with Crippen molar-refractivity contribution in [2.45, 2.75) is 56.0 Å². The molecule has 3 aromatic rings. The molecule has 2 unspecified atom stereocenters. The van der Waals surface area contributed by atoms with Gasteiger partial charge in [0.25, 0.3) is 0 Å². The highest BCUT2D eigenvalue weighted by Crippen LogP contribution is 2.39. The number of halogens is 4. The summed E-state index contributed by atoms with van der Waals surface area (Å²) in [6.45, 7) is -0.537. The molecule has 1 saturated carbocycles. The highest BCUT2D eigenvalue weighted by atomic mass is 35.5. The van der Waals surface area contributed by atoms with E-state index in [0.29, 0.717) is 17.9 Å². The van der Waals surface area contributed by atoms with Gasteiger partial charge in [-0.05, 0) is 42.7 Å². The van der Waals surface area contributed by atoms with E-state index < -0.39 is 60.6 Å². The fourth-order valence-corrected chi connectivity index (χ4v) is 5.03. The van der Waals surface area contributed by atoms with Gasteiger partial charge >= 0.3 is 0 Å². The molecule has 2 aliphatic rings. The van der Waals surface area contributed by atoms with Crippen LogP contribution in [0.5, 0.6) is 0 Å². The van der Waals surface area contributed by atoms with Crippen LogP contribution in [0, 0.1) is 23.4 Å². The zero-order valence-corrected chi connectivity index (χ0v) is 22.0. The zero-order valence-electron chi connectivity index (χ0n) is 21.3. The lowest BCUT2D eigenvalue weighted by molar-refractivity contribution is -0.240. The number of hydrogen-bond donors (Lipinski definition) is 2. The highest BCUT2D eigenvalue weighted by molar-refractivity contribution is 6.30. The number of ketones is 1. The minimum absolute atomic E-state index is 0.00645. The smallest absolute Gasteiger partial charge is 0.194 e. The summed E-state index contributed by atoms with van der Waals surface area (Å²) in [5.41, 5.74) is 0.673. The second-order valence-electron chi connectivity index (χ2n) is 9.88. The minimum Gasteiger partial charge on any atom is -0.394 e. The highest BCUT2D eigenvalue weighted by Gasteiger charge is 2.53. The molecule has 0 amide bonds. The van der Waals surface area contributed by atoms with E-state index in [1.54, 1.807) is 24.3 Å². The van der Waals surface area contributed by atoms with E-state index in [-0.39, 0.29) is 29.6 Å². The average molecular weight is 582 g/mol. The monoisotopic (exact) mass is 581 g/mol. The molecule has 0 spiro atoms. The Morgan fingerprint density at radius 2 is 1.88 bits per heavy atom. The van der Waals surface area contributed by atoms with Gasteiger partial charge in [-0.1, -0.05) is 28.9 Å². The van der Waals surface area contributed by atoms with Crippen molar-refractivity contribution in [3.63, 3.8) is 0 Å². The largest absolute Gasteiger partial charge is 0.394 e. The van der Waals surface area contributed by atoms with Gasteiger partial charge in [0.15, 0.2) is 23.2 Å². The molecule has 2 heterocycles. The maximum Gasteiger partial charge on any atom is 0.194 e. The number of rotatable bonds is 10. The van der Waals surface area contributed by atoms with Gasteiger partial charge < -0.3 is 24.4 Å². The molecule has 0 bridgehead atoms. The summed E-state index contributed by atoms with van der Waals surface area (Å²) in [6.07, 6.45) is -3.02. The third-order valence-electron chi connectivity index (χ3n) is 7.17. The van der Waals surface area contributed by atoms with Gasteiger partial charge in [-0.25, -0.2) is 17.9 Å². The van der Waals surface area contributed by atoms with Crippen LogP contribution in [-0.4, -0.2) is 75.2 Å². The number of aliphatic hydroxyl groups is 2. The number of hydrogen-bond acceptors (Lipinski definition) is 8. The summed E-state index contributed by atoms with van der Waals surface area (Å²) in [4.78, 5) is 13.4. The summed E-state index contributed by atoms with van der Waals surface area (Å²) in [6, 6.07) is 7.41. The summed E-state index contributed by atoms with van der Waals surface area (Å²) in [7, 11) is 1.36. The van der Waals surface area contributed by atoms with Crippen LogP contribution < -0.4 is 0 Å². The standard InChI is InChI=1S/C27H27ClF3N3O6/c1-38-25-22(34-10-19(32-33-34)15-8-17(29)21(31)18(30)9-15)24(37)20(11-35)40-27(25)26(23(36)14-4-5-14)39-12-13-2-6-16(28)7-3-13/h2-3,6-10,14,20,22,24-27,35,37H,4-5,11-12H2,1H3/t20?,22-,24-,25?,26+,27+/m0/s1. The maximum atomic E-state index is 13.8. The van der Waals surface area contributed by atoms with Crippen molar-refractivity contribution in [2.24, 2.45) is 5.92 Å². The predicted molar refractivity (Wildman–Crippen MR) is 135 cm³/mol. The number of benzene rings is 2. The lowest BCUT2D eigenvalue weighted by Gasteiger charge is -2.45. The van der Waals surface area contributed by atoms with E-state index >= 15 is 0 Å². The molecule has 1 aliphatic heterocycles. The van der Waals surface area contributed by atoms with Gasteiger partial charge in [-0.15, -0.1) is 5.10 Å². The van der Waals surface area contributed by atoms with Crippen LogP contribution >= 0.6 is 11.6 Å². The number of ether oxygens (including phenoxy) is 3. The normalized spacial score (nSPS) is 25.6. The van der Waals surface area contributed by atoms with Crippen LogP contribution in [0.4, 0.5) is 13.2 Å². The number of aromatic nitrogens is 3. The van der Waals surface area contributed by atoms with Crippen LogP contribution in [0.15, 0.2) is 42.6 Å². The van der Waals surface area contributed by atoms with E-state index in [1.165, 1.54) is 18.0 Å². The summed E-state index contributed by atoms with van der Waals surface area (Å²) >= 11 is 5.97. The van der Waals surface area contributed by atoms with Crippen LogP contribution in [0.2, 0.25) is 5.02 Å². The Bertz CT molecular complexity index is 1330. The predicted octanol–water partition coefficient (Wildman–Crippen LogP) is 3.26. The van der Waals surface area contributed by atoms with E-state index in [4.69, 9.17) is 25.8 Å². The molecule has 1 aliphatic carbocycles. The Morgan fingerprint density at radius 3 is 2.48 bits per heavy atom. The van der Waals surface area contributed by atoms with Crippen LogP contribution in [0.1, 0.15) is 24.4 Å². The number of carbonyl (C=O) groups excluding carboxylic acids is 1. The van der Waals surface area contributed by atoms with Crippen molar-refractivity contribution < 1.29 is 42.4 Å². The van der Waals surface area contributed by atoms with Crippen LogP contribution in [0.3, 0.4) is 0 Å². The molecule has 9 nitrogen and oxygen atoms in total. The van der Waals surface area contributed by atoms with Crippen molar-refractivity contribution in [2.75, 3.05) is 13.7 Å². The molecule has 13 heteroatoms. The molecule has 1 saturated heterocycles. The first-order chi connectivity index (χ1) is 19.2. The quantitative estimate of drug-likeness (QED) is 0.351. The van der Waals surface area contributed by atoms with Gasteiger partial charge in [0.2, 0.25) is 0 Å². The van der Waals surface area contributed by atoms with E-state index in [2.05, 4.69) is 10.3 Å². The SMILES string of the molecule is COC1[C@H]([C@H](OCc2ccc(Cl)cc2)C(=O)C2CC2)OC(CO)[C@H](O)[C@@H]1n1cc(-c2cc(F)c(F)c(F)c2)nn1. The Kier molecular flexibility index (Phi) is 8.55. The molecular weight excluding hydrogens is 555 g/mol. The first-order valence-corrected chi connectivity index (χ1v) is 13.0. The number of Topliss-reactive ketones (excluding diaryl/α,β-unsaturated/α-hetero) is 1. The molecule has 0 radical (unpaired) electrons. The topological polar surface area (TPSA) is 116 Å². The van der Waals surface area contributed by atoms with Gasteiger partial charge in [-0.2, -0.15) is 0 Å². The first-order valence-electron chi connectivity index (χ1n) is 12.7. The second kappa shape index (κ2) is 11.9. The average Bonchev–Trinajstić information content (AvgIpc) is 3.69. The van der Waals surface area contributed by atoms with E-state index in [9.17, 15) is 28.2 Å². The molecule has 2 fully saturated rings. The first kappa shape index (κ1) is 28.7. The number of aliphatic hydroxyl groups excluding tert-OH is 2. The zero-order chi connectivity index (χ0) is 28.6. The lowest BCUT2D eigenvalue weighted by atomic mass is 9.88. The van der Waals surface area contributed by atoms with Crippen molar-refractivity contribution in [3.8, 4) is 11.3 Å². The maximum absolute atomic E-state index is 13.8. The summed E-state index contributed by atoms with van der Waals surface area (Å²) < 4.78 is 60.2. The van der Waals surface area contributed by atoms with E-state index in [1.807, 2.05) is 0 Å². The molecule has 6 atom stereocenters. The van der Waals surface area contributed by atoms with Gasteiger partial charge in [0.05, 0.1) is 19.4 Å². The van der Waals surface area contributed by atoms with Crippen molar-refractivity contribution in [1.82, 2.24) is 15.0 Å². The Hall–Kier alpha value is -2.87. The fraction of sp³-hybridized carbons (Fsp3) is 0.444. The van der Waals surface area contributed by atoms with Gasteiger partial charge in [0, 0.05) is 23.6 Å². The summed E-state index contributed by atoms with van der Waals surface area (Å²) in [5, 5.41) is 29.6. The Morgan fingerprint density at radius 1 is 1.20 bits per heavy atom. The van der Waals surface area contributed by atoms with Crippen molar-refractivity contribution in [1.29, 1.82) is 0 Å². The number of methoxy groups -OCH3 is 1. The third kappa shape index (κ3) is 5.78. The molecule has 1 aromatic heterocycles. The molecular formula is C27H27ClF3N3O6. The molecule has 214 valence electrons. The fourth-order valence-electron chi connectivity index (χ4n) is 4.91. The van der Waals surface area contributed by atoms with Crippen molar-refractivity contribution in [3.05, 3.63) is 70.6 Å². The Labute approximate surface area is 232 Å². The lowest BCUT2D eigenvalue weighted by Crippen LogP contribution is -2.61. The molecule has 40 heavy (non-hydrogen) atoms. The van der Waals surface area contributed by atoms with E-state index in [0.717, 1.165) is 17.7 Å². The minimum atomic E-state index is -1.62. The molecule has 5 rings (SSSR count). The van der Waals surface area contributed by atoms with Crippen LogP contribution in [0.25, 0.3) is 11.3 Å². The summed E-state index contributed by atoms with van der Waals surface area (Å²) in [5.74, 6) is -4.82. The molecule has 2 N–H and O–H groups in total. The number of carbonyl (C=O) groups is 1. The van der Waals surface area contributed by atoms with Crippen LogP contribution in [-0.2, 0) is 25.6 Å². The molecule has 2 aromatic carbocycles. The second-order valence-corrected chi connectivity index (χ2v) is 10.3.